The first kappa shape index (κ1) is 17.5. The molecule has 0 aliphatic carbocycles. The lowest BCUT2D eigenvalue weighted by Crippen LogP contribution is -1.96. The van der Waals surface area contributed by atoms with Crippen molar-refractivity contribution < 1.29 is 10.2 Å². The Kier molecular flexibility index (Phi) is 4.80. The van der Waals surface area contributed by atoms with Crippen molar-refractivity contribution in [3.63, 3.8) is 0 Å². The first-order valence-electron chi connectivity index (χ1n) is 8.58. The highest BCUT2D eigenvalue weighted by molar-refractivity contribution is 5.90. The molecule has 1 aromatic heterocycles. The summed E-state index contributed by atoms with van der Waals surface area (Å²) >= 11 is 0. The van der Waals surface area contributed by atoms with Gasteiger partial charge in [-0.15, -0.1) is 0 Å². The van der Waals surface area contributed by atoms with Crippen LogP contribution in [0.25, 0.3) is 22.3 Å². The molecular formula is C22H25NO2. The maximum Gasteiger partial charge on any atom is 0.0684 e. The van der Waals surface area contributed by atoms with Gasteiger partial charge < -0.3 is 15.2 Å². The van der Waals surface area contributed by atoms with E-state index in [9.17, 15) is 10.2 Å². The second-order valence-electron chi connectivity index (χ2n) is 6.62. The van der Waals surface area contributed by atoms with Gasteiger partial charge in [0, 0.05) is 22.5 Å². The number of aryl methyl sites for hydroxylation is 2. The van der Waals surface area contributed by atoms with Crippen LogP contribution in [-0.4, -0.2) is 15.2 Å². The first-order chi connectivity index (χ1) is 12.0. The van der Waals surface area contributed by atoms with E-state index in [1.807, 2.05) is 24.3 Å². The molecule has 0 saturated carbocycles. The lowest BCUT2D eigenvalue weighted by Gasteiger charge is -2.15. The SMILES string of the molecule is Cc1[nH]c(C)c(-c2cccc(CO)c2C)c1-c1cccc(CO)c1C. The predicted octanol–water partition coefficient (Wildman–Crippen LogP) is 4.57. The molecule has 25 heavy (non-hydrogen) atoms. The molecule has 1 heterocycles. The summed E-state index contributed by atoms with van der Waals surface area (Å²) in [6.45, 7) is 8.37. The second-order valence-corrected chi connectivity index (χ2v) is 6.62. The summed E-state index contributed by atoms with van der Waals surface area (Å²) in [4.78, 5) is 3.48. The van der Waals surface area contributed by atoms with Crippen LogP contribution in [0.1, 0.15) is 33.6 Å². The van der Waals surface area contributed by atoms with Crippen molar-refractivity contribution in [3.8, 4) is 22.3 Å². The van der Waals surface area contributed by atoms with Crippen LogP contribution in [0.3, 0.4) is 0 Å². The fraction of sp³-hybridized carbons (Fsp3) is 0.273. The van der Waals surface area contributed by atoms with Gasteiger partial charge in [-0.3, -0.25) is 0 Å². The molecule has 3 nitrogen and oxygen atoms in total. The average molecular weight is 335 g/mol. The highest BCUT2D eigenvalue weighted by Crippen LogP contribution is 2.41. The molecule has 0 atom stereocenters. The third-order valence-electron chi connectivity index (χ3n) is 5.15. The molecule has 3 rings (SSSR count). The molecule has 0 bridgehead atoms. The highest BCUT2D eigenvalue weighted by atomic mass is 16.3. The Morgan fingerprint density at radius 3 is 1.44 bits per heavy atom. The average Bonchev–Trinajstić information content (AvgIpc) is 2.89. The van der Waals surface area contributed by atoms with Crippen LogP contribution in [0.5, 0.6) is 0 Å². The minimum atomic E-state index is 0.0382. The van der Waals surface area contributed by atoms with Gasteiger partial charge in [-0.05, 0) is 61.1 Å². The van der Waals surface area contributed by atoms with Gasteiger partial charge >= 0.3 is 0 Å². The van der Waals surface area contributed by atoms with Crippen molar-refractivity contribution in [2.75, 3.05) is 0 Å². The van der Waals surface area contributed by atoms with Crippen molar-refractivity contribution in [1.29, 1.82) is 0 Å². The fourth-order valence-corrected chi connectivity index (χ4v) is 3.71. The number of nitrogens with one attached hydrogen (secondary N) is 1. The molecule has 0 unspecified atom stereocenters. The Labute approximate surface area is 149 Å². The lowest BCUT2D eigenvalue weighted by atomic mass is 9.88. The van der Waals surface area contributed by atoms with Gasteiger partial charge in [-0.2, -0.15) is 0 Å². The summed E-state index contributed by atoms with van der Waals surface area (Å²) in [7, 11) is 0. The molecule has 2 aromatic carbocycles. The number of rotatable bonds is 4. The minimum absolute atomic E-state index is 0.0382. The minimum Gasteiger partial charge on any atom is -0.392 e. The molecule has 3 N–H and O–H groups in total. The topological polar surface area (TPSA) is 56.2 Å². The van der Waals surface area contributed by atoms with Gasteiger partial charge in [0.25, 0.3) is 0 Å². The van der Waals surface area contributed by atoms with Gasteiger partial charge in [0.2, 0.25) is 0 Å². The van der Waals surface area contributed by atoms with E-state index in [4.69, 9.17) is 0 Å². The summed E-state index contributed by atoms with van der Waals surface area (Å²) in [5.41, 5.74) is 10.9. The standard InChI is InChI=1S/C22H25NO2/c1-13-17(11-24)7-5-9-19(13)21-15(3)23-16(4)22(21)20-10-6-8-18(12-25)14(20)2/h5-10,23-25H,11-12H2,1-4H3. The Balaban J connectivity index is 2.32. The summed E-state index contributed by atoms with van der Waals surface area (Å²) in [6.07, 6.45) is 0. The third kappa shape index (κ3) is 2.90. The van der Waals surface area contributed by atoms with E-state index in [1.54, 1.807) is 0 Å². The fourth-order valence-electron chi connectivity index (χ4n) is 3.71. The van der Waals surface area contributed by atoms with Crippen molar-refractivity contribution in [2.45, 2.75) is 40.9 Å². The van der Waals surface area contributed by atoms with E-state index in [-0.39, 0.29) is 13.2 Å². The zero-order valence-corrected chi connectivity index (χ0v) is 15.3. The number of aliphatic hydroxyl groups excluding tert-OH is 2. The van der Waals surface area contributed by atoms with Crippen molar-refractivity contribution in [3.05, 3.63) is 70.0 Å². The second kappa shape index (κ2) is 6.87. The molecule has 0 amide bonds. The molecule has 3 heteroatoms. The smallest absolute Gasteiger partial charge is 0.0684 e. The first-order valence-corrected chi connectivity index (χ1v) is 8.58. The van der Waals surface area contributed by atoms with Crippen LogP contribution in [0.15, 0.2) is 36.4 Å². The largest absolute Gasteiger partial charge is 0.392 e. The monoisotopic (exact) mass is 335 g/mol. The number of hydrogen-bond acceptors (Lipinski definition) is 2. The normalized spacial score (nSPS) is 11.1. The molecule has 0 saturated heterocycles. The maximum absolute atomic E-state index is 9.63. The zero-order chi connectivity index (χ0) is 18.1. The number of benzene rings is 2. The van der Waals surface area contributed by atoms with E-state index in [0.717, 1.165) is 44.8 Å². The van der Waals surface area contributed by atoms with E-state index in [2.05, 4.69) is 44.8 Å². The van der Waals surface area contributed by atoms with Crippen molar-refractivity contribution in [1.82, 2.24) is 4.98 Å². The van der Waals surface area contributed by atoms with Gasteiger partial charge in [-0.25, -0.2) is 0 Å². The number of aromatic amines is 1. The molecule has 0 radical (unpaired) electrons. The van der Waals surface area contributed by atoms with Gasteiger partial charge in [0.05, 0.1) is 13.2 Å². The van der Waals surface area contributed by atoms with Crippen LogP contribution in [0.4, 0.5) is 0 Å². The summed E-state index contributed by atoms with van der Waals surface area (Å²) in [5, 5.41) is 19.3. The maximum atomic E-state index is 9.63. The Morgan fingerprint density at radius 2 is 1.08 bits per heavy atom. The van der Waals surface area contributed by atoms with Crippen molar-refractivity contribution >= 4 is 0 Å². The van der Waals surface area contributed by atoms with E-state index >= 15 is 0 Å². The molecule has 0 aliphatic heterocycles. The van der Waals surface area contributed by atoms with Gasteiger partial charge in [-0.1, -0.05) is 36.4 Å². The molecule has 130 valence electrons. The Hall–Kier alpha value is -2.36. The summed E-state index contributed by atoms with van der Waals surface area (Å²) in [5.74, 6) is 0. The number of aliphatic hydroxyl groups is 2. The van der Waals surface area contributed by atoms with Crippen molar-refractivity contribution in [2.24, 2.45) is 0 Å². The lowest BCUT2D eigenvalue weighted by molar-refractivity contribution is 0.281. The quantitative estimate of drug-likeness (QED) is 0.654. The van der Waals surface area contributed by atoms with Crippen LogP contribution in [0, 0.1) is 27.7 Å². The highest BCUT2D eigenvalue weighted by Gasteiger charge is 2.20. The Bertz CT molecular complexity index is 848. The molecule has 0 fully saturated rings. The summed E-state index contributed by atoms with van der Waals surface area (Å²) < 4.78 is 0. The zero-order valence-electron chi connectivity index (χ0n) is 15.3. The molecule has 3 aromatic rings. The van der Waals surface area contributed by atoms with Gasteiger partial charge in [0.15, 0.2) is 0 Å². The number of aromatic nitrogens is 1. The molecular weight excluding hydrogens is 310 g/mol. The van der Waals surface area contributed by atoms with Gasteiger partial charge in [0.1, 0.15) is 0 Å². The number of H-pyrrole nitrogens is 1. The number of hydrogen-bond donors (Lipinski definition) is 3. The molecule has 0 aliphatic rings. The predicted molar refractivity (Wildman–Crippen MR) is 102 cm³/mol. The molecule has 0 spiro atoms. The van der Waals surface area contributed by atoms with E-state index in [1.165, 1.54) is 11.1 Å². The Morgan fingerprint density at radius 1 is 0.680 bits per heavy atom. The van der Waals surface area contributed by atoms with Crippen LogP contribution < -0.4 is 0 Å². The van der Waals surface area contributed by atoms with E-state index < -0.39 is 0 Å². The van der Waals surface area contributed by atoms with E-state index in [0.29, 0.717) is 0 Å². The summed E-state index contributed by atoms with van der Waals surface area (Å²) in [6, 6.07) is 12.1. The van der Waals surface area contributed by atoms with Crippen LogP contribution in [-0.2, 0) is 13.2 Å². The van der Waals surface area contributed by atoms with Crippen LogP contribution >= 0.6 is 0 Å². The van der Waals surface area contributed by atoms with Crippen LogP contribution in [0.2, 0.25) is 0 Å². The third-order valence-corrected chi connectivity index (χ3v) is 5.15.